The number of benzene rings is 1. The fraction of sp³-hybridized carbons (Fsp3) is 0.588. The second-order valence-electron chi connectivity index (χ2n) is 5.97. The summed E-state index contributed by atoms with van der Waals surface area (Å²) in [7, 11) is 0. The van der Waals surface area contributed by atoms with Crippen molar-refractivity contribution in [3.8, 4) is 0 Å². The van der Waals surface area contributed by atoms with Crippen LogP contribution in [0.2, 0.25) is 0 Å². The second kappa shape index (κ2) is 8.15. The van der Waals surface area contributed by atoms with Crippen molar-refractivity contribution in [1.29, 1.82) is 0 Å². The number of piperidine rings is 1. The Kier molecular flexibility index (Phi) is 6.21. The van der Waals surface area contributed by atoms with Crippen LogP contribution in [0.25, 0.3) is 0 Å². The first-order valence-electron chi connectivity index (χ1n) is 8.02. The predicted octanol–water partition coefficient (Wildman–Crippen LogP) is 2.25. The molecular weight excluding hydrogens is 262 g/mol. The molecule has 0 aromatic heterocycles. The van der Waals surface area contributed by atoms with Gasteiger partial charge < -0.3 is 11.1 Å². The van der Waals surface area contributed by atoms with Crippen molar-refractivity contribution in [1.82, 2.24) is 4.90 Å². The molecule has 1 aromatic carbocycles. The maximum atomic E-state index is 12.1. The monoisotopic (exact) mass is 289 g/mol. The molecule has 4 heteroatoms. The molecular formula is C17H27N3O. The van der Waals surface area contributed by atoms with E-state index in [0.717, 1.165) is 44.6 Å². The highest BCUT2D eigenvalue weighted by molar-refractivity contribution is 5.92. The number of nitrogens with two attached hydrogens (primary N) is 1. The number of carbonyl (C=O) groups is 1. The van der Waals surface area contributed by atoms with Crippen LogP contribution >= 0.6 is 0 Å². The summed E-state index contributed by atoms with van der Waals surface area (Å²) in [6, 6.07) is 8.15. The van der Waals surface area contributed by atoms with Crippen molar-refractivity contribution in [2.75, 3.05) is 31.5 Å². The number of nitrogens with zero attached hydrogens (tertiary/aromatic N) is 1. The van der Waals surface area contributed by atoms with Crippen LogP contribution in [0.5, 0.6) is 0 Å². The highest BCUT2D eigenvalue weighted by Gasteiger charge is 2.20. The molecule has 4 nitrogen and oxygen atoms in total. The lowest BCUT2D eigenvalue weighted by molar-refractivity contribution is -0.117. The molecule has 1 heterocycles. The Bertz CT molecular complexity index is 444. The van der Waals surface area contributed by atoms with E-state index in [1.54, 1.807) is 0 Å². The topological polar surface area (TPSA) is 58.4 Å². The molecule has 1 atom stereocenters. The lowest BCUT2D eigenvalue weighted by Gasteiger charge is -2.31. The Morgan fingerprint density at radius 2 is 2.14 bits per heavy atom. The summed E-state index contributed by atoms with van der Waals surface area (Å²) in [5.41, 5.74) is 7.93. The minimum absolute atomic E-state index is 0.0657. The second-order valence-corrected chi connectivity index (χ2v) is 5.97. The van der Waals surface area contributed by atoms with Crippen LogP contribution < -0.4 is 11.1 Å². The lowest BCUT2D eigenvalue weighted by atomic mass is 9.98. The molecule has 1 aromatic rings. The fourth-order valence-electron chi connectivity index (χ4n) is 2.93. The molecule has 116 valence electrons. The maximum absolute atomic E-state index is 12.1. The molecule has 0 bridgehead atoms. The molecule has 0 aliphatic carbocycles. The molecule has 3 N–H and O–H groups in total. The maximum Gasteiger partial charge on any atom is 0.238 e. The molecule has 0 spiro atoms. The van der Waals surface area contributed by atoms with Crippen LogP contribution in [0, 0.1) is 5.92 Å². The number of hydrogen-bond acceptors (Lipinski definition) is 3. The van der Waals surface area contributed by atoms with E-state index in [0.29, 0.717) is 12.5 Å². The number of anilines is 1. The van der Waals surface area contributed by atoms with E-state index in [1.807, 2.05) is 12.1 Å². The Hall–Kier alpha value is -1.39. The number of nitrogens with one attached hydrogen (secondary N) is 1. The lowest BCUT2D eigenvalue weighted by Crippen LogP contribution is -2.42. The van der Waals surface area contributed by atoms with Gasteiger partial charge in [-0.25, -0.2) is 0 Å². The highest BCUT2D eigenvalue weighted by atomic mass is 16.2. The van der Waals surface area contributed by atoms with Gasteiger partial charge in [-0.1, -0.05) is 25.5 Å². The van der Waals surface area contributed by atoms with Crippen molar-refractivity contribution in [3.05, 3.63) is 29.8 Å². The highest BCUT2D eigenvalue weighted by Crippen LogP contribution is 2.15. The zero-order chi connectivity index (χ0) is 15.1. The average Bonchev–Trinajstić information content (AvgIpc) is 2.49. The Morgan fingerprint density at radius 1 is 1.38 bits per heavy atom. The minimum atomic E-state index is 0.0657. The van der Waals surface area contributed by atoms with Crippen molar-refractivity contribution in [3.63, 3.8) is 0 Å². The van der Waals surface area contributed by atoms with Gasteiger partial charge in [0, 0.05) is 12.2 Å². The normalized spacial score (nSPS) is 19.4. The number of rotatable bonds is 6. The van der Waals surface area contributed by atoms with Gasteiger partial charge in [-0.2, -0.15) is 0 Å². The van der Waals surface area contributed by atoms with Gasteiger partial charge in [-0.15, -0.1) is 0 Å². The summed E-state index contributed by atoms with van der Waals surface area (Å²) >= 11 is 0. The summed E-state index contributed by atoms with van der Waals surface area (Å²) in [5, 5.41) is 2.98. The fourth-order valence-corrected chi connectivity index (χ4v) is 2.93. The zero-order valence-electron chi connectivity index (χ0n) is 13.0. The molecule has 0 radical (unpaired) electrons. The van der Waals surface area contributed by atoms with Gasteiger partial charge in [0.05, 0.1) is 6.54 Å². The number of hydrogen-bond donors (Lipinski definition) is 2. The number of likely N-dealkylation sites (tertiary alicyclic amines) is 1. The third-order valence-electron chi connectivity index (χ3n) is 4.08. The van der Waals surface area contributed by atoms with Gasteiger partial charge >= 0.3 is 0 Å². The summed E-state index contributed by atoms with van der Waals surface area (Å²) in [6.07, 6.45) is 4.56. The third kappa shape index (κ3) is 5.14. The number of carbonyl (C=O) groups excluding carboxylic acids is 1. The van der Waals surface area contributed by atoms with E-state index in [4.69, 9.17) is 5.73 Å². The van der Waals surface area contributed by atoms with E-state index in [9.17, 15) is 4.79 Å². The minimum Gasteiger partial charge on any atom is -0.330 e. The Morgan fingerprint density at radius 3 is 2.81 bits per heavy atom. The van der Waals surface area contributed by atoms with Gasteiger partial charge in [0.2, 0.25) is 5.91 Å². The zero-order valence-corrected chi connectivity index (χ0v) is 13.0. The average molecular weight is 289 g/mol. The van der Waals surface area contributed by atoms with Gasteiger partial charge in [0.15, 0.2) is 0 Å². The first-order valence-corrected chi connectivity index (χ1v) is 8.02. The van der Waals surface area contributed by atoms with Crippen LogP contribution in [0.4, 0.5) is 5.69 Å². The van der Waals surface area contributed by atoms with Crippen LogP contribution in [-0.4, -0.2) is 37.0 Å². The molecule has 1 aliphatic heterocycles. The molecule has 1 fully saturated rings. The van der Waals surface area contributed by atoms with Crippen LogP contribution in [0.1, 0.15) is 31.7 Å². The molecule has 1 aliphatic rings. The first kappa shape index (κ1) is 16.0. The van der Waals surface area contributed by atoms with Crippen molar-refractivity contribution in [2.45, 2.75) is 32.6 Å². The van der Waals surface area contributed by atoms with Crippen LogP contribution in [-0.2, 0) is 11.2 Å². The Labute approximate surface area is 127 Å². The van der Waals surface area contributed by atoms with Gasteiger partial charge in [-0.05, 0) is 56.0 Å². The first-order chi connectivity index (χ1) is 10.2. The van der Waals surface area contributed by atoms with Crippen molar-refractivity contribution < 1.29 is 4.79 Å². The summed E-state index contributed by atoms with van der Waals surface area (Å²) in [4.78, 5) is 14.3. The standard InChI is InChI=1S/C17H27N3O/c1-2-4-14-6-8-16(9-7-14)19-17(21)13-20-10-3-5-15(11-18)12-20/h6-9,15H,2-5,10-13,18H2,1H3,(H,19,21). The number of amides is 1. The van der Waals surface area contributed by atoms with Crippen LogP contribution in [0.15, 0.2) is 24.3 Å². The summed E-state index contributed by atoms with van der Waals surface area (Å²) < 4.78 is 0. The van der Waals surface area contributed by atoms with Gasteiger partial charge in [-0.3, -0.25) is 9.69 Å². The smallest absolute Gasteiger partial charge is 0.238 e. The van der Waals surface area contributed by atoms with E-state index in [2.05, 4.69) is 29.3 Å². The Balaban J connectivity index is 1.81. The number of aryl methyl sites for hydroxylation is 1. The molecule has 1 amide bonds. The van der Waals surface area contributed by atoms with E-state index in [1.165, 1.54) is 12.0 Å². The van der Waals surface area contributed by atoms with Crippen molar-refractivity contribution in [2.24, 2.45) is 11.7 Å². The molecule has 2 rings (SSSR count). The molecule has 1 saturated heterocycles. The quantitative estimate of drug-likeness (QED) is 0.844. The predicted molar refractivity (Wildman–Crippen MR) is 87.3 cm³/mol. The van der Waals surface area contributed by atoms with Crippen LogP contribution in [0.3, 0.4) is 0 Å². The molecule has 0 saturated carbocycles. The molecule has 1 unspecified atom stereocenters. The van der Waals surface area contributed by atoms with E-state index in [-0.39, 0.29) is 5.91 Å². The summed E-state index contributed by atoms with van der Waals surface area (Å²) in [6.45, 7) is 5.30. The van der Waals surface area contributed by atoms with Gasteiger partial charge in [0.25, 0.3) is 0 Å². The van der Waals surface area contributed by atoms with Gasteiger partial charge in [0.1, 0.15) is 0 Å². The largest absolute Gasteiger partial charge is 0.330 e. The summed E-state index contributed by atoms with van der Waals surface area (Å²) in [5.74, 6) is 0.607. The van der Waals surface area contributed by atoms with E-state index < -0.39 is 0 Å². The van der Waals surface area contributed by atoms with E-state index >= 15 is 0 Å². The third-order valence-corrected chi connectivity index (χ3v) is 4.08. The SMILES string of the molecule is CCCc1ccc(NC(=O)CN2CCCC(CN)C2)cc1. The molecule has 21 heavy (non-hydrogen) atoms. The van der Waals surface area contributed by atoms with Crippen molar-refractivity contribution >= 4 is 11.6 Å².